The second kappa shape index (κ2) is 9.62. The number of anilines is 1. The Balaban J connectivity index is 1.55. The summed E-state index contributed by atoms with van der Waals surface area (Å²) in [4.78, 5) is 26.3. The van der Waals surface area contributed by atoms with Crippen LogP contribution in [0.4, 0.5) is 18.9 Å². The molecule has 1 heterocycles. The summed E-state index contributed by atoms with van der Waals surface area (Å²) in [6, 6.07) is 14.2. The van der Waals surface area contributed by atoms with Gasteiger partial charge < -0.3 is 15.3 Å². The van der Waals surface area contributed by atoms with Crippen molar-refractivity contribution in [1.29, 1.82) is 0 Å². The van der Waals surface area contributed by atoms with Gasteiger partial charge >= 0.3 is 12.1 Å². The Morgan fingerprint density at radius 2 is 1.74 bits per heavy atom. The number of rotatable bonds is 6. The van der Waals surface area contributed by atoms with E-state index in [-0.39, 0.29) is 11.5 Å². The zero-order chi connectivity index (χ0) is 25.3. The third-order valence-corrected chi connectivity index (χ3v) is 6.24. The molecule has 0 fully saturated rings. The first-order valence-electron chi connectivity index (χ1n) is 10.9. The second-order valence-corrected chi connectivity index (χ2v) is 8.89. The van der Waals surface area contributed by atoms with Crippen LogP contribution in [-0.4, -0.2) is 23.5 Å². The normalized spacial score (nSPS) is 13.9. The van der Waals surface area contributed by atoms with Gasteiger partial charge in [0.2, 0.25) is 0 Å². The van der Waals surface area contributed by atoms with E-state index in [4.69, 9.17) is 16.7 Å². The Labute approximate surface area is 205 Å². The molecule has 3 aromatic carbocycles. The van der Waals surface area contributed by atoms with Crippen molar-refractivity contribution in [2.75, 3.05) is 11.4 Å². The van der Waals surface area contributed by atoms with Gasteiger partial charge in [-0.15, -0.1) is 0 Å². The molecule has 0 saturated heterocycles. The van der Waals surface area contributed by atoms with Gasteiger partial charge in [0.05, 0.1) is 28.4 Å². The van der Waals surface area contributed by atoms with Crippen LogP contribution in [0.15, 0.2) is 60.7 Å². The molecule has 0 aromatic heterocycles. The summed E-state index contributed by atoms with van der Waals surface area (Å²) in [6.07, 6.45) is -3.74. The number of carbonyl (C=O) groups excluding carboxylic acids is 1. The van der Waals surface area contributed by atoms with Crippen LogP contribution in [0.5, 0.6) is 0 Å². The Bertz CT molecular complexity index is 1260. The van der Waals surface area contributed by atoms with Crippen molar-refractivity contribution in [1.82, 2.24) is 5.32 Å². The van der Waals surface area contributed by atoms with Crippen molar-refractivity contribution in [3.63, 3.8) is 0 Å². The summed E-state index contributed by atoms with van der Waals surface area (Å²) in [7, 11) is 0. The van der Waals surface area contributed by atoms with Crippen LogP contribution in [0.1, 0.15) is 55.9 Å². The minimum Gasteiger partial charge on any atom is -0.478 e. The number of fused-ring (bicyclic) bond motifs is 1. The first kappa shape index (κ1) is 24.6. The molecule has 0 radical (unpaired) electrons. The molecular weight excluding hydrogens is 481 g/mol. The van der Waals surface area contributed by atoms with E-state index < -0.39 is 23.8 Å². The second-order valence-electron chi connectivity index (χ2n) is 8.45. The smallest absolute Gasteiger partial charge is 0.416 e. The van der Waals surface area contributed by atoms with Gasteiger partial charge in [-0.1, -0.05) is 35.9 Å². The number of carboxylic acid groups (broad SMARTS) is 1. The molecule has 35 heavy (non-hydrogen) atoms. The molecule has 0 bridgehead atoms. The fourth-order valence-electron chi connectivity index (χ4n) is 4.21. The van der Waals surface area contributed by atoms with E-state index in [1.54, 1.807) is 31.2 Å². The van der Waals surface area contributed by atoms with Crippen LogP contribution in [0.25, 0.3) is 0 Å². The van der Waals surface area contributed by atoms with Crippen LogP contribution >= 0.6 is 11.6 Å². The van der Waals surface area contributed by atoms with Crippen molar-refractivity contribution >= 4 is 29.2 Å². The monoisotopic (exact) mass is 502 g/mol. The number of aromatic carboxylic acids is 1. The van der Waals surface area contributed by atoms with Crippen molar-refractivity contribution in [3.05, 3.63) is 99.1 Å². The summed E-state index contributed by atoms with van der Waals surface area (Å²) in [5.74, 6) is -1.38. The molecule has 1 amide bonds. The lowest BCUT2D eigenvalue weighted by Gasteiger charge is -2.23. The number of nitrogens with one attached hydrogen (secondary N) is 1. The molecule has 0 unspecified atom stereocenters. The maximum atomic E-state index is 13.3. The minimum absolute atomic E-state index is 0.152. The van der Waals surface area contributed by atoms with E-state index in [9.17, 15) is 22.8 Å². The van der Waals surface area contributed by atoms with E-state index in [2.05, 4.69) is 5.32 Å². The third kappa shape index (κ3) is 5.43. The highest BCUT2D eigenvalue weighted by Gasteiger charge is 2.31. The third-order valence-electron chi connectivity index (χ3n) is 6.03. The fourth-order valence-corrected chi connectivity index (χ4v) is 4.45. The van der Waals surface area contributed by atoms with Crippen molar-refractivity contribution in [2.45, 2.75) is 32.1 Å². The van der Waals surface area contributed by atoms with Crippen LogP contribution in [-0.2, 0) is 19.1 Å². The summed E-state index contributed by atoms with van der Waals surface area (Å²) in [6.45, 7) is 2.74. The van der Waals surface area contributed by atoms with Crippen molar-refractivity contribution < 1.29 is 27.9 Å². The first-order valence-corrected chi connectivity index (χ1v) is 11.3. The molecule has 0 aliphatic carbocycles. The topological polar surface area (TPSA) is 69.6 Å². The molecule has 5 nitrogen and oxygen atoms in total. The number of carboxylic acids is 1. The highest BCUT2D eigenvalue weighted by molar-refractivity contribution is 6.31. The van der Waals surface area contributed by atoms with E-state index in [1.165, 1.54) is 24.3 Å². The van der Waals surface area contributed by atoms with Gasteiger partial charge in [0.15, 0.2) is 0 Å². The molecule has 0 saturated carbocycles. The first-order chi connectivity index (χ1) is 16.5. The molecule has 2 N–H and O–H groups in total. The Morgan fingerprint density at radius 1 is 1.09 bits per heavy atom. The van der Waals surface area contributed by atoms with Crippen molar-refractivity contribution in [2.24, 2.45) is 0 Å². The molecule has 4 rings (SSSR count). The van der Waals surface area contributed by atoms with Gasteiger partial charge in [-0.05, 0) is 66.4 Å². The van der Waals surface area contributed by atoms with E-state index in [1.807, 2.05) is 4.90 Å². The SMILES string of the molecule is C[C@H](NC(=O)c1cc(Cl)cc2c1N(Cc1ccc(C(F)(F)F)cc1)CC2)c1ccc(C(=O)O)cc1. The maximum absolute atomic E-state index is 13.3. The van der Waals surface area contributed by atoms with Gasteiger partial charge in [-0.3, -0.25) is 4.79 Å². The molecule has 1 atom stereocenters. The molecular formula is C26H22ClF3N2O3. The predicted molar refractivity (Wildman–Crippen MR) is 127 cm³/mol. The van der Waals surface area contributed by atoms with Gasteiger partial charge in [0, 0.05) is 18.1 Å². The summed E-state index contributed by atoms with van der Waals surface area (Å²) >= 11 is 6.28. The zero-order valence-corrected chi connectivity index (χ0v) is 19.5. The minimum atomic E-state index is -4.40. The number of amides is 1. The lowest BCUT2D eigenvalue weighted by molar-refractivity contribution is -0.137. The average molecular weight is 503 g/mol. The van der Waals surface area contributed by atoms with Gasteiger partial charge in [-0.25, -0.2) is 4.79 Å². The largest absolute Gasteiger partial charge is 0.478 e. The lowest BCUT2D eigenvalue weighted by atomic mass is 10.0. The molecule has 9 heteroatoms. The molecule has 1 aliphatic heterocycles. The van der Waals surface area contributed by atoms with Crippen molar-refractivity contribution in [3.8, 4) is 0 Å². The molecule has 182 valence electrons. The van der Waals surface area contributed by atoms with Gasteiger partial charge in [-0.2, -0.15) is 13.2 Å². The summed E-state index contributed by atoms with van der Waals surface area (Å²) in [5, 5.41) is 12.4. The van der Waals surface area contributed by atoms with Gasteiger partial charge in [0.1, 0.15) is 0 Å². The molecule has 3 aromatic rings. The number of hydrogen-bond acceptors (Lipinski definition) is 3. The van der Waals surface area contributed by atoms with E-state index in [0.29, 0.717) is 41.3 Å². The molecule has 0 spiro atoms. The summed E-state index contributed by atoms with van der Waals surface area (Å²) in [5.41, 5.74) is 2.86. The summed E-state index contributed by atoms with van der Waals surface area (Å²) < 4.78 is 38.7. The van der Waals surface area contributed by atoms with Gasteiger partial charge in [0.25, 0.3) is 5.91 Å². The molecule has 1 aliphatic rings. The predicted octanol–water partition coefficient (Wildman–Crippen LogP) is 6.11. The maximum Gasteiger partial charge on any atom is 0.416 e. The lowest BCUT2D eigenvalue weighted by Crippen LogP contribution is -2.29. The number of alkyl halides is 3. The standard InChI is InChI=1S/C26H22ClF3N2O3/c1-15(17-4-6-18(7-5-17)25(34)35)31-24(33)22-13-21(27)12-19-10-11-32(23(19)22)14-16-2-8-20(9-3-16)26(28,29)30/h2-9,12-13,15H,10-11,14H2,1H3,(H,31,33)(H,34,35)/t15-/m0/s1. The Kier molecular flexibility index (Phi) is 6.76. The number of halogens is 4. The fraction of sp³-hybridized carbons (Fsp3) is 0.231. The number of nitrogens with zero attached hydrogens (tertiary/aromatic N) is 1. The number of hydrogen-bond donors (Lipinski definition) is 2. The van der Waals surface area contributed by atoms with Crippen LogP contribution in [0, 0.1) is 0 Å². The van der Waals surface area contributed by atoms with Crippen LogP contribution in [0.3, 0.4) is 0 Å². The highest BCUT2D eigenvalue weighted by Crippen LogP contribution is 2.36. The highest BCUT2D eigenvalue weighted by atomic mass is 35.5. The Hall–Kier alpha value is -3.52. The van der Waals surface area contributed by atoms with Crippen LogP contribution in [0.2, 0.25) is 5.02 Å². The van der Waals surface area contributed by atoms with E-state index >= 15 is 0 Å². The zero-order valence-electron chi connectivity index (χ0n) is 18.7. The van der Waals surface area contributed by atoms with E-state index in [0.717, 1.165) is 23.3 Å². The van der Waals surface area contributed by atoms with Crippen LogP contribution < -0.4 is 10.2 Å². The number of carbonyl (C=O) groups is 2. The quantitative estimate of drug-likeness (QED) is 0.426. The average Bonchev–Trinajstić information content (AvgIpc) is 3.20. The number of benzene rings is 3. The Morgan fingerprint density at radius 3 is 2.34 bits per heavy atom.